The first-order chi connectivity index (χ1) is 12.2. The number of rotatable bonds is 4. The van der Waals surface area contributed by atoms with Gasteiger partial charge < -0.3 is 9.26 Å². The number of pyridine rings is 1. The van der Waals surface area contributed by atoms with Gasteiger partial charge in [0.15, 0.2) is 12.4 Å². The Morgan fingerprint density at radius 3 is 2.84 bits per heavy atom. The number of carbonyl (C=O) groups is 1. The van der Waals surface area contributed by atoms with Crippen molar-refractivity contribution < 1.29 is 14.1 Å². The Morgan fingerprint density at radius 1 is 1.20 bits per heavy atom. The lowest BCUT2D eigenvalue weighted by Gasteiger charge is -2.08. The van der Waals surface area contributed by atoms with Crippen LogP contribution >= 0.6 is 11.3 Å². The molecule has 0 unspecified atom stereocenters. The number of para-hydroxylation sites is 1. The second-order valence-electron chi connectivity index (χ2n) is 5.36. The SMILES string of the molecule is Cc1noc(COC(=O)c2cc(-c3cccs3)nc3ccccc23)n1. The molecule has 0 spiro atoms. The number of hydrogen-bond donors (Lipinski definition) is 0. The highest BCUT2D eigenvalue weighted by atomic mass is 32.1. The number of esters is 1. The molecule has 4 rings (SSSR count). The van der Waals surface area contributed by atoms with Crippen LogP contribution in [-0.2, 0) is 11.3 Å². The first-order valence-electron chi connectivity index (χ1n) is 7.61. The third kappa shape index (κ3) is 3.14. The molecule has 3 aromatic heterocycles. The van der Waals surface area contributed by atoms with Gasteiger partial charge >= 0.3 is 5.97 Å². The van der Waals surface area contributed by atoms with Gasteiger partial charge in [-0.15, -0.1) is 11.3 Å². The summed E-state index contributed by atoms with van der Waals surface area (Å²) in [5, 5.41) is 6.40. The molecule has 0 fully saturated rings. The molecule has 0 atom stereocenters. The number of ether oxygens (including phenoxy) is 1. The van der Waals surface area contributed by atoms with Crippen molar-refractivity contribution in [3.8, 4) is 10.6 Å². The number of aromatic nitrogens is 3. The van der Waals surface area contributed by atoms with Crippen LogP contribution < -0.4 is 0 Å². The highest BCUT2D eigenvalue weighted by Crippen LogP contribution is 2.28. The summed E-state index contributed by atoms with van der Waals surface area (Å²) in [6, 6.07) is 13.2. The average Bonchev–Trinajstić information content (AvgIpc) is 3.30. The van der Waals surface area contributed by atoms with Gasteiger partial charge in [0.2, 0.25) is 0 Å². The Morgan fingerprint density at radius 2 is 2.08 bits per heavy atom. The minimum absolute atomic E-state index is 0.0648. The van der Waals surface area contributed by atoms with Gasteiger partial charge in [0.25, 0.3) is 5.89 Å². The largest absolute Gasteiger partial charge is 0.452 e. The second kappa shape index (κ2) is 6.45. The molecule has 7 heteroatoms. The van der Waals surface area contributed by atoms with Gasteiger partial charge in [-0.2, -0.15) is 4.98 Å². The third-order valence-electron chi connectivity index (χ3n) is 3.61. The molecule has 1 aromatic carbocycles. The standard InChI is InChI=1S/C18H13N3O3S/c1-11-19-17(24-21-11)10-23-18(22)13-9-15(16-7-4-8-25-16)20-14-6-3-2-5-12(13)14/h2-9H,10H2,1H3. The molecule has 4 aromatic rings. The highest BCUT2D eigenvalue weighted by molar-refractivity contribution is 7.13. The number of benzene rings is 1. The second-order valence-corrected chi connectivity index (χ2v) is 6.31. The van der Waals surface area contributed by atoms with E-state index in [2.05, 4.69) is 15.1 Å². The first kappa shape index (κ1) is 15.5. The summed E-state index contributed by atoms with van der Waals surface area (Å²) in [6.07, 6.45) is 0. The summed E-state index contributed by atoms with van der Waals surface area (Å²) in [6.45, 7) is 1.64. The van der Waals surface area contributed by atoms with Gasteiger partial charge in [-0.25, -0.2) is 9.78 Å². The molecule has 0 saturated heterocycles. The van der Waals surface area contributed by atoms with Crippen LogP contribution in [0.3, 0.4) is 0 Å². The van der Waals surface area contributed by atoms with E-state index >= 15 is 0 Å². The third-order valence-corrected chi connectivity index (χ3v) is 4.50. The minimum atomic E-state index is -0.452. The molecule has 0 bridgehead atoms. The monoisotopic (exact) mass is 351 g/mol. The molecule has 0 aliphatic carbocycles. The Labute approximate surface area is 147 Å². The average molecular weight is 351 g/mol. The zero-order chi connectivity index (χ0) is 17.2. The van der Waals surface area contributed by atoms with Gasteiger partial charge in [0.1, 0.15) is 0 Å². The maximum absolute atomic E-state index is 12.6. The van der Waals surface area contributed by atoms with Gasteiger partial charge in [0.05, 0.1) is 21.7 Å². The fraction of sp³-hybridized carbons (Fsp3) is 0.111. The van der Waals surface area contributed by atoms with Crippen LogP contribution in [0.25, 0.3) is 21.5 Å². The Hall–Kier alpha value is -3.06. The predicted octanol–water partition coefficient (Wildman–Crippen LogP) is 4.01. The van der Waals surface area contributed by atoms with Crippen molar-refractivity contribution in [3.05, 3.63) is 65.1 Å². The lowest BCUT2D eigenvalue weighted by molar-refractivity contribution is 0.0432. The topological polar surface area (TPSA) is 78.1 Å². The van der Waals surface area contributed by atoms with Gasteiger partial charge in [-0.05, 0) is 30.5 Å². The van der Waals surface area contributed by atoms with Crippen molar-refractivity contribution in [1.29, 1.82) is 0 Å². The van der Waals surface area contributed by atoms with E-state index in [9.17, 15) is 4.79 Å². The number of thiophene rings is 1. The van der Waals surface area contributed by atoms with Crippen molar-refractivity contribution in [2.75, 3.05) is 0 Å². The normalized spacial score (nSPS) is 10.9. The number of aryl methyl sites for hydroxylation is 1. The van der Waals surface area contributed by atoms with Gasteiger partial charge in [-0.3, -0.25) is 0 Å². The van der Waals surface area contributed by atoms with Crippen LogP contribution in [0.5, 0.6) is 0 Å². The maximum atomic E-state index is 12.6. The van der Waals surface area contributed by atoms with Crippen molar-refractivity contribution in [2.45, 2.75) is 13.5 Å². The van der Waals surface area contributed by atoms with Crippen LogP contribution in [-0.4, -0.2) is 21.1 Å². The van der Waals surface area contributed by atoms with Crippen LogP contribution in [0.4, 0.5) is 0 Å². The molecule has 25 heavy (non-hydrogen) atoms. The summed E-state index contributed by atoms with van der Waals surface area (Å²) in [5.41, 5.74) is 1.95. The molecule has 124 valence electrons. The summed E-state index contributed by atoms with van der Waals surface area (Å²) in [4.78, 5) is 22.3. The molecule has 6 nitrogen and oxygen atoms in total. The lowest BCUT2D eigenvalue weighted by atomic mass is 10.1. The van der Waals surface area contributed by atoms with E-state index < -0.39 is 5.97 Å². The maximum Gasteiger partial charge on any atom is 0.339 e. The fourth-order valence-electron chi connectivity index (χ4n) is 2.50. The summed E-state index contributed by atoms with van der Waals surface area (Å²) < 4.78 is 10.3. The van der Waals surface area contributed by atoms with Crippen molar-refractivity contribution in [3.63, 3.8) is 0 Å². The molecular weight excluding hydrogens is 338 g/mol. The quantitative estimate of drug-likeness (QED) is 0.517. The lowest BCUT2D eigenvalue weighted by Crippen LogP contribution is -2.07. The number of fused-ring (bicyclic) bond motifs is 1. The van der Waals surface area contributed by atoms with Gasteiger partial charge in [0, 0.05) is 5.39 Å². The molecule has 0 saturated carbocycles. The van der Waals surface area contributed by atoms with Crippen molar-refractivity contribution in [2.24, 2.45) is 0 Å². The molecule has 0 radical (unpaired) electrons. The Balaban J connectivity index is 1.70. The molecule has 0 amide bonds. The summed E-state index contributed by atoms with van der Waals surface area (Å²) in [5.74, 6) is 0.315. The predicted molar refractivity (Wildman–Crippen MR) is 93.2 cm³/mol. The number of nitrogens with zero attached hydrogens (tertiary/aromatic N) is 3. The van der Waals surface area contributed by atoms with E-state index in [0.717, 1.165) is 21.5 Å². The van der Waals surface area contributed by atoms with Gasteiger partial charge in [-0.1, -0.05) is 29.4 Å². The Kier molecular flexibility index (Phi) is 3.99. The number of hydrogen-bond acceptors (Lipinski definition) is 7. The van der Waals surface area contributed by atoms with Crippen molar-refractivity contribution in [1.82, 2.24) is 15.1 Å². The minimum Gasteiger partial charge on any atom is -0.452 e. The summed E-state index contributed by atoms with van der Waals surface area (Å²) in [7, 11) is 0. The van der Waals surface area contributed by atoms with Crippen LogP contribution in [0.1, 0.15) is 22.1 Å². The van der Waals surface area contributed by atoms with Crippen LogP contribution in [0, 0.1) is 6.92 Å². The zero-order valence-electron chi connectivity index (χ0n) is 13.3. The summed E-state index contributed by atoms with van der Waals surface area (Å²) >= 11 is 1.57. The van der Waals surface area contributed by atoms with E-state index in [1.807, 2.05) is 41.8 Å². The van der Waals surface area contributed by atoms with E-state index in [-0.39, 0.29) is 12.5 Å². The van der Waals surface area contributed by atoms with E-state index in [1.54, 1.807) is 24.3 Å². The number of carbonyl (C=O) groups excluding carboxylic acids is 1. The molecule has 3 heterocycles. The fourth-order valence-corrected chi connectivity index (χ4v) is 3.18. The smallest absolute Gasteiger partial charge is 0.339 e. The first-order valence-corrected chi connectivity index (χ1v) is 8.48. The van der Waals surface area contributed by atoms with E-state index in [1.165, 1.54) is 0 Å². The Bertz CT molecular complexity index is 1040. The molecular formula is C18H13N3O3S. The van der Waals surface area contributed by atoms with Crippen molar-refractivity contribution >= 4 is 28.2 Å². The molecule has 0 aliphatic heterocycles. The van der Waals surface area contributed by atoms with Crippen LogP contribution in [0.2, 0.25) is 0 Å². The van der Waals surface area contributed by atoms with E-state index in [4.69, 9.17) is 9.26 Å². The molecule has 0 aliphatic rings. The molecule has 0 N–H and O–H groups in total. The zero-order valence-corrected chi connectivity index (χ0v) is 14.1. The highest BCUT2D eigenvalue weighted by Gasteiger charge is 2.16. The van der Waals surface area contributed by atoms with E-state index in [0.29, 0.717) is 11.4 Å². The van der Waals surface area contributed by atoms with Crippen LogP contribution in [0.15, 0.2) is 52.4 Å².